The van der Waals surface area contributed by atoms with Crippen LogP contribution >= 0.6 is 0 Å². The number of nitrogens with one attached hydrogen (secondary N) is 2. The summed E-state index contributed by atoms with van der Waals surface area (Å²) >= 11 is 0. The number of H-pyrrole nitrogens is 1. The second-order valence-electron chi connectivity index (χ2n) is 9.01. The second-order valence-corrected chi connectivity index (χ2v) is 9.01. The van der Waals surface area contributed by atoms with Gasteiger partial charge in [-0.2, -0.15) is 0 Å². The molecule has 1 aliphatic rings. The molecule has 34 heavy (non-hydrogen) atoms. The average molecular weight is 469 g/mol. The van der Waals surface area contributed by atoms with E-state index in [2.05, 4.69) is 10.3 Å². The quantitative estimate of drug-likeness (QED) is 0.331. The first-order chi connectivity index (χ1) is 16.2. The van der Waals surface area contributed by atoms with Crippen molar-refractivity contribution in [1.82, 2.24) is 19.8 Å². The number of carboxylic acid groups (broad SMARTS) is 1. The number of aromatic nitrogens is 2. The van der Waals surface area contributed by atoms with Crippen molar-refractivity contribution in [2.45, 2.75) is 37.8 Å². The maximum Gasteiger partial charge on any atom is 0.329 e. The van der Waals surface area contributed by atoms with E-state index in [9.17, 15) is 29.7 Å². The Balaban J connectivity index is 1.37. The van der Waals surface area contributed by atoms with Crippen LogP contribution in [0.25, 0.3) is 11.0 Å². The molecule has 0 bridgehead atoms. The summed E-state index contributed by atoms with van der Waals surface area (Å²) in [6.07, 6.45) is 1.32. The summed E-state index contributed by atoms with van der Waals surface area (Å²) < 4.78 is 1.78. The fraction of sp³-hybridized carbons (Fsp3) is 0.375. The number of likely N-dealkylation sites (tertiary alicyclic amines) is 1. The van der Waals surface area contributed by atoms with Crippen LogP contribution in [-0.4, -0.2) is 66.8 Å². The van der Waals surface area contributed by atoms with E-state index >= 15 is 0 Å². The number of amides is 1. The summed E-state index contributed by atoms with van der Waals surface area (Å²) in [6.45, 7) is 2.64. The Morgan fingerprint density at radius 1 is 1.12 bits per heavy atom. The minimum atomic E-state index is -1.59. The van der Waals surface area contributed by atoms with Gasteiger partial charge in [0.2, 0.25) is 5.91 Å². The van der Waals surface area contributed by atoms with E-state index in [1.807, 2.05) is 29.2 Å². The van der Waals surface area contributed by atoms with Gasteiger partial charge in [-0.1, -0.05) is 18.2 Å². The molecule has 1 fully saturated rings. The number of aromatic hydroxyl groups is 2. The van der Waals surface area contributed by atoms with E-state index in [4.69, 9.17) is 0 Å². The predicted molar refractivity (Wildman–Crippen MR) is 125 cm³/mol. The molecular formula is C24H28N4O6. The molecule has 0 unspecified atom stereocenters. The molecule has 0 radical (unpaired) electrons. The molecule has 3 aromatic rings. The van der Waals surface area contributed by atoms with Crippen LogP contribution < -0.4 is 11.0 Å². The molecule has 0 aliphatic carbocycles. The number of phenolic OH excluding ortho intramolecular Hbond substituents is 2. The molecular weight excluding hydrogens is 440 g/mol. The van der Waals surface area contributed by atoms with Crippen molar-refractivity contribution < 1.29 is 24.9 Å². The van der Waals surface area contributed by atoms with Gasteiger partial charge < -0.3 is 25.6 Å². The lowest BCUT2D eigenvalue weighted by Gasteiger charge is -2.33. The van der Waals surface area contributed by atoms with Crippen molar-refractivity contribution in [3.8, 4) is 11.5 Å². The third kappa shape index (κ3) is 4.76. The first-order valence-electron chi connectivity index (χ1n) is 11.1. The fourth-order valence-corrected chi connectivity index (χ4v) is 4.58. The zero-order valence-corrected chi connectivity index (χ0v) is 18.8. The van der Waals surface area contributed by atoms with E-state index < -0.39 is 17.4 Å². The molecule has 2 heterocycles. The predicted octanol–water partition coefficient (Wildman–Crippen LogP) is 1.58. The maximum atomic E-state index is 12.7. The number of aromatic amines is 1. The van der Waals surface area contributed by atoms with Gasteiger partial charge in [-0.05, 0) is 49.6 Å². The lowest BCUT2D eigenvalue weighted by Crippen LogP contribution is -2.56. The molecule has 1 atom stereocenters. The number of carboxylic acids is 1. The summed E-state index contributed by atoms with van der Waals surface area (Å²) in [5, 5.41) is 31.5. The highest BCUT2D eigenvalue weighted by Crippen LogP contribution is 2.27. The standard InChI is InChI=1S/C24H28N4O6/c1-24(22(32)33,13-15-6-7-19(29)20(30)12-15)26-21(31)14-27-10-8-16(9-11-27)28-18-5-3-2-4-17(18)25-23(28)34/h2-7,12,16,29-30H,8-11,13-14H2,1H3,(H,25,34)(H,26,31)(H,32,33)/t24-/m0/s1. The number of aliphatic carboxylic acids is 1. The Labute approximate surface area is 195 Å². The Morgan fingerprint density at radius 3 is 2.50 bits per heavy atom. The number of carbonyl (C=O) groups excluding carboxylic acids is 1. The minimum absolute atomic E-state index is 0.0226. The van der Waals surface area contributed by atoms with Gasteiger partial charge in [-0.15, -0.1) is 0 Å². The third-order valence-corrected chi connectivity index (χ3v) is 6.40. The lowest BCUT2D eigenvalue weighted by atomic mass is 9.92. The topological polar surface area (TPSA) is 148 Å². The molecule has 5 N–H and O–H groups in total. The lowest BCUT2D eigenvalue weighted by molar-refractivity contribution is -0.147. The van der Waals surface area contributed by atoms with Crippen molar-refractivity contribution in [3.05, 3.63) is 58.5 Å². The smallest absolute Gasteiger partial charge is 0.329 e. The summed E-state index contributed by atoms with van der Waals surface area (Å²) in [5.74, 6) is -2.28. The van der Waals surface area contributed by atoms with E-state index in [1.54, 1.807) is 4.57 Å². The number of rotatable bonds is 7. The maximum absolute atomic E-state index is 12.7. The van der Waals surface area contributed by atoms with Crippen LogP contribution in [0.15, 0.2) is 47.3 Å². The number of nitrogens with zero attached hydrogens (tertiary/aromatic N) is 2. The zero-order chi connectivity index (χ0) is 24.5. The van der Waals surface area contributed by atoms with Crippen LogP contribution in [0.3, 0.4) is 0 Å². The van der Waals surface area contributed by atoms with Crippen LogP contribution in [0.1, 0.15) is 31.4 Å². The van der Waals surface area contributed by atoms with E-state index in [0.29, 0.717) is 31.5 Å². The molecule has 2 aromatic carbocycles. The van der Waals surface area contributed by atoms with Gasteiger partial charge in [0, 0.05) is 25.6 Å². The van der Waals surface area contributed by atoms with Crippen molar-refractivity contribution in [1.29, 1.82) is 0 Å². The molecule has 1 aliphatic heterocycles. The monoisotopic (exact) mass is 468 g/mol. The van der Waals surface area contributed by atoms with E-state index in [1.165, 1.54) is 25.1 Å². The Bertz CT molecular complexity index is 1270. The normalized spacial score (nSPS) is 16.9. The van der Waals surface area contributed by atoms with Gasteiger partial charge in [0.1, 0.15) is 5.54 Å². The zero-order valence-electron chi connectivity index (χ0n) is 18.8. The highest BCUT2D eigenvalue weighted by Gasteiger charge is 2.36. The Kier molecular flexibility index (Phi) is 6.34. The number of piperidine rings is 1. The van der Waals surface area contributed by atoms with Crippen LogP contribution in [0.2, 0.25) is 0 Å². The molecule has 10 heteroatoms. The van der Waals surface area contributed by atoms with Crippen molar-refractivity contribution in [2.75, 3.05) is 19.6 Å². The van der Waals surface area contributed by atoms with Crippen molar-refractivity contribution >= 4 is 22.9 Å². The number of carbonyl (C=O) groups is 2. The molecule has 0 spiro atoms. The largest absolute Gasteiger partial charge is 0.504 e. The molecule has 4 rings (SSSR count). The number of benzene rings is 2. The minimum Gasteiger partial charge on any atom is -0.504 e. The van der Waals surface area contributed by atoms with E-state index in [-0.39, 0.29) is 36.2 Å². The number of imidazole rings is 1. The summed E-state index contributed by atoms with van der Waals surface area (Å²) in [5.41, 5.74) is 0.390. The Morgan fingerprint density at radius 2 is 1.82 bits per heavy atom. The van der Waals surface area contributed by atoms with Gasteiger partial charge in [-0.3, -0.25) is 14.3 Å². The highest BCUT2D eigenvalue weighted by atomic mass is 16.4. The fourth-order valence-electron chi connectivity index (χ4n) is 4.58. The van der Waals surface area contributed by atoms with Crippen LogP contribution in [0, 0.1) is 0 Å². The number of phenols is 2. The first-order valence-corrected chi connectivity index (χ1v) is 11.1. The highest BCUT2D eigenvalue weighted by molar-refractivity contribution is 5.88. The molecule has 1 saturated heterocycles. The van der Waals surface area contributed by atoms with Gasteiger partial charge >= 0.3 is 11.7 Å². The number of para-hydroxylation sites is 2. The van der Waals surface area contributed by atoms with Gasteiger partial charge in [0.25, 0.3) is 0 Å². The molecule has 180 valence electrons. The van der Waals surface area contributed by atoms with E-state index in [0.717, 1.165) is 11.0 Å². The summed E-state index contributed by atoms with van der Waals surface area (Å²) in [4.78, 5) is 41.9. The molecule has 1 aromatic heterocycles. The van der Waals surface area contributed by atoms with Crippen molar-refractivity contribution in [3.63, 3.8) is 0 Å². The molecule has 0 saturated carbocycles. The van der Waals surface area contributed by atoms with Gasteiger partial charge in [-0.25, -0.2) is 9.59 Å². The SMILES string of the molecule is C[C@@](Cc1ccc(O)c(O)c1)(NC(=O)CN1CCC(n2c(=O)[nH]c3ccccc32)CC1)C(=O)O. The number of hydrogen-bond donors (Lipinski definition) is 5. The first kappa shape index (κ1) is 23.4. The second kappa shape index (κ2) is 9.22. The van der Waals surface area contributed by atoms with Crippen LogP contribution in [0.5, 0.6) is 11.5 Å². The average Bonchev–Trinajstić information content (AvgIpc) is 3.12. The summed E-state index contributed by atoms with van der Waals surface area (Å²) in [7, 11) is 0. The third-order valence-electron chi connectivity index (χ3n) is 6.40. The van der Waals surface area contributed by atoms with Crippen LogP contribution in [0.4, 0.5) is 0 Å². The van der Waals surface area contributed by atoms with Crippen LogP contribution in [-0.2, 0) is 16.0 Å². The van der Waals surface area contributed by atoms with Gasteiger partial charge in [0.15, 0.2) is 11.5 Å². The number of fused-ring (bicyclic) bond motifs is 1. The molecule has 1 amide bonds. The summed E-state index contributed by atoms with van der Waals surface area (Å²) in [6, 6.07) is 11.6. The Hall–Kier alpha value is -3.79. The van der Waals surface area contributed by atoms with Crippen molar-refractivity contribution in [2.24, 2.45) is 0 Å². The van der Waals surface area contributed by atoms with Gasteiger partial charge in [0.05, 0.1) is 17.6 Å². The number of hydrogen-bond acceptors (Lipinski definition) is 6. The molecule has 10 nitrogen and oxygen atoms in total.